The Bertz CT molecular complexity index is 254. The van der Waals surface area contributed by atoms with Gasteiger partial charge in [-0.15, -0.1) is 0 Å². The second kappa shape index (κ2) is 6.24. The highest BCUT2D eigenvalue weighted by atomic mass is 16.3. The number of nitrogens with one attached hydrogen (secondary N) is 2. The van der Waals surface area contributed by atoms with Crippen LogP contribution in [0.1, 0.15) is 44.9 Å². The first kappa shape index (κ1) is 12.7. The van der Waals surface area contributed by atoms with Crippen LogP contribution in [-0.2, 0) is 0 Å². The average Bonchev–Trinajstić information content (AvgIpc) is 2.39. The van der Waals surface area contributed by atoms with E-state index in [1.54, 1.807) is 0 Å². The van der Waals surface area contributed by atoms with Gasteiger partial charge in [0, 0.05) is 26.2 Å². The van der Waals surface area contributed by atoms with Crippen molar-refractivity contribution in [2.45, 2.75) is 44.9 Å². The minimum absolute atomic E-state index is 0.300. The van der Waals surface area contributed by atoms with Crippen molar-refractivity contribution in [2.24, 2.45) is 10.4 Å². The molecule has 0 aromatic heterocycles. The molecule has 0 spiro atoms. The van der Waals surface area contributed by atoms with Crippen LogP contribution >= 0.6 is 0 Å². The SMILES string of the molecule is OCCC1(CNC2=NCCCN2)CCCCC1. The maximum absolute atomic E-state index is 9.25. The molecule has 0 amide bonds. The molecule has 0 unspecified atom stereocenters. The van der Waals surface area contributed by atoms with Crippen LogP contribution in [0.15, 0.2) is 4.99 Å². The van der Waals surface area contributed by atoms with E-state index >= 15 is 0 Å². The monoisotopic (exact) mass is 239 g/mol. The van der Waals surface area contributed by atoms with E-state index in [1.165, 1.54) is 32.1 Å². The largest absolute Gasteiger partial charge is 0.396 e. The molecule has 1 heterocycles. The van der Waals surface area contributed by atoms with Crippen LogP contribution < -0.4 is 10.6 Å². The first-order valence-corrected chi connectivity index (χ1v) is 6.98. The highest BCUT2D eigenvalue weighted by Gasteiger charge is 2.31. The Kier molecular flexibility index (Phi) is 4.66. The number of aliphatic hydroxyl groups excluding tert-OH is 1. The van der Waals surface area contributed by atoms with E-state index < -0.39 is 0 Å². The van der Waals surface area contributed by atoms with Gasteiger partial charge in [0.1, 0.15) is 0 Å². The van der Waals surface area contributed by atoms with Crippen molar-refractivity contribution in [2.75, 3.05) is 26.2 Å². The smallest absolute Gasteiger partial charge is 0.191 e. The lowest BCUT2D eigenvalue weighted by Crippen LogP contribution is -2.46. The van der Waals surface area contributed by atoms with Crippen molar-refractivity contribution >= 4 is 5.96 Å². The molecule has 0 bridgehead atoms. The van der Waals surface area contributed by atoms with Gasteiger partial charge in [-0.1, -0.05) is 19.3 Å². The molecule has 4 heteroatoms. The molecule has 0 saturated heterocycles. The molecular weight excluding hydrogens is 214 g/mol. The summed E-state index contributed by atoms with van der Waals surface area (Å²) in [7, 11) is 0. The molecule has 2 rings (SSSR count). The fourth-order valence-corrected chi connectivity index (χ4v) is 2.98. The summed E-state index contributed by atoms with van der Waals surface area (Å²) in [5.74, 6) is 0.958. The highest BCUT2D eigenvalue weighted by Crippen LogP contribution is 2.38. The van der Waals surface area contributed by atoms with Gasteiger partial charge in [-0.25, -0.2) is 0 Å². The molecule has 3 N–H and O–H groups in total. The lowest BCUT2D eigenvalue weighted by molar-refractivity contribution is 0.131. The predicted octanol–water partition coefficient (Wildman–Crippen LogP) is 1.26. The first-order chi connectivity index (χ1) is 8.35. The molecular formula is C13H25N3O. The third kappa shape index (κ3) is 3.60. The molecule has 1 fully saturated rings. The van der Waals surface area contributed by atoms with Gasteiger partial charge in [0.05, 0.1) is 0 Å². The number of aliphatic imine (C=N–C) groups is 1. The summed E-state index contributed by atoms with van der Waals surface area (Å²) < 4.78 is 0. The zero-order chi connectivity index (χ0) is 12.0. The normalized spacial score (nSPS) is 23.7. The zero-order valence-corrected chi connectivity index (χ0v) is 10.7. The molecule has 0 radical (unpaired) electrons. The summed E-state index contributed by atoms with van der Waals surface area (Å²) in [5, 5.41) is 16.0. The maximum Gasteiger partial charge on any atom is 0.191 e. The number of rotatable bonds is 4. The average molecular weight is 239 g/mol. The number of hydrogen-bond acceptors (Lipinski definition) is 4. The second-order valence-electron chi connectivity index (χ2n) is 5.40. The summed E-state index contributed by atoms with van der Waals surface area (Å²) in [5.41, 5.74) is 0.300. The van der Waals surface area contributed by atoms with Crippen molar-refractivity contribution in [1.29, 1.82) is 0 Å². The molecule has 2 aliphatic rings. The van der Waals surface area contributed by atoms with Crippen LogP contribution in [0.4, 0.5) is 0 Å². The number of nitrogens with zero attached hydrogens (tertiary/aromatic N) is 1. The van der Waals surface area contributed by atoms with Crippen LogP contribution in [0.3, 0.4) is 0 Å². The van der Waals surface area contributed by atoms with E-state index in [1.807, 2.05) is 0 Å². The summed E-state index contributed by atoms with van der Waals surface area (Å²) >= 11 is 0. The molecule has 1 saturated carbocycles. The Labute approximate surface area is 104 Å². The third-order valence-corrected chi connectivity index (χ3v) is 4.08. The molecule has 0 aromatic carbocycles. The van der Waals surface area contributed by atoms with Crippen LogP contribution in [0.5, 0.6) is 0 Å². The van der Waals surface area contributed by atoms with Gasteiger partial charge in [-0.2, -0.15) is 0 Å². The Morgan fingerprint density at radius 3 is 2.71 bits per heavy atom. The Balaban J connectivity index is 1.86. The predicted molar refractivity (Wildman–Crippen MR) is 70.1 cm³/mol. The van der Waals surface area contributed by atoms with Crippen molar-refractivity contribution in [3.8, 4) is 0 Å². The molecule has 98 valence electrons. The van der Waals surface area contributed by atoms with Crippen molar-refractivity contribution in [1.82, 2.24) is 10.6 Å². The molecule has 0 aromatic rings. The van der Waals surface area contributed by atoms with E-state index in [4.69, 9.17) is 0 Å². The van der Waals surface area contributed by atoms with Crippen LogP contribution in [-0.4, -0.2) is 37.3 Å². The zero-order valence-electron chi connectivity index (χ0n) is 10.7. The van der Waals surface area contributed by atoms with Gasteiger partial charge >= 0.3 is 0 Å². The third-order valence-electron chi connectivity index (χ3n) is 4.08. The summed E-state index contributed by atoms with van der Waals surface area (Å²) in [6.45, 7) is 3.22. The number of hydrogen-bond donors (Lipinski definition) is 3. The van der Waals surface area contributed by atoms with Gasteiger partial charge in [-0.05, 0) is 31.1 Å². The van der Waals surface area contributed by atoms with Crippen molar-refractivity contribution in [3.05, 3.63) is 0 Å². The van der Waals surface area contributed by atoms with Gasteiger partial charge in [0.15, 0.2) is 5.96 Å². The maximum atomic E-state index is 9.25. The molecule has 0 atom stereocenters. The Morgan fingerprint density at radius 1 is 1.24 bits per heavy atom. The molecule has 17 heavy (non-hydrogen) atoms. The fraction of sp³-hybridized carbons (Fsp3) is 0.923. The Hall–Kier alpha value is -0.770. The van der Waals surface area contributed by atoms with Crippen molar-refractivity contribution < 1.29 is 5.11 Å². The Morgan fingerprint density at radius 2 is 2.06 bits per heavy atom. The minimum atomic E-state index is 0.300. The van der Waals surface area contributed by atoms with Gasteiger partial charge < -0.3 is 15.7 Å². The van der Waals surface area contributed by atoms with Crippen LogP contribution in [0.25, 0.3) is 0 Å². The number of aliphatic hydroxyl groups is 1. The molecule has 1 aliphatic heterocycles. The fourth-order valence-electron chi connectivity index (χ4n) is 2.98. The second-order valence-corrected chi connectivity index (χ2v) is 5.40. The van der Waals surface area contributed by atoms with E-state index in [-0.39, 0.29) is 0 Å². The highest BCUT2D eigenvalue weighted by molar-refractivity contribution is 5.80. The van der Waals surface area contributed by atoms with Crippen LogP contribution in [0, 0.1) is 5.41 Å². The standard InChI is InChI=1S/C13H25N3O/c17-10-7-13(5-2-1-3-6-13)11-16-12-14-8-4-9-15-12/h17H,1-11H2,(H2,14,15,16). The van der Waals surface area contributed by atoms with Crippen LogP contribution in [0.2, 0.25) is 0 Å². The first-order valence-electron chi connectivity index (χ1n) is 6.98. The quantitative estimate of drug-likeness (QED) is 0.692. The van der Waals surface area contributed by atoms with E-state index in [2.05, 4.69) is 15.6 Å². The topological polar surface area (TPSA) is 56.6 Å². The summed E-state index contributed by atoms with van der Waals surface area (Å²) in [6.07, 6.45) is 8.51. The number of guanidine groups is 1. The minimum Gasteiger partial charge on any atom is -0.396 e. The van der Waals surface area contributed by atoms with E-state index in [0.717, 1.165) is 38.4 Å². The van der Waals surface area contributed by atoms with Gasteiger partial charge in [0.2, 0.25) is 0 Å². The summed E-state index contributed by atoms with van der Waals surface area (Å²) in [6, 6.07) is 0. The molecule has 1 aliphatic carbocycles. The van der Waals surface area contributed by atoms with E-state index in [9.17, 15) is 5.11 Å². The molecule has 4 nitrogen and oxygen atoms in total. The van der Waals surface area contributed by atoms with Gasteiger partial charge in [-0.3, -0.25) is 4.99 Å². The van der Waals surface area contributed by atoms with Gasteiger partial charge in [0.25, 0.3) is 0 Å². The lowest BCUT2D eigenvalue weighted by Gasteiger charge is -2.37. The van der Waals surface area contributed by atoms with Crippen molar-refractivity contribution in [3.63, 3.8) is 0 Å². The van der Waals surface area contributed by atoms with E-state index in [0.29, 0.717) is 12.0 Å². The summed E-state index contributed by atoms with van der Waals surface area (Å²) in [4.78, 5) is 4.44. The lowest BCUT2D eigenvalue weighted by atomic mass is 9.72.